The summed E-state index contributed by atoms with van der Waals surface area (Å²) in [7, 11) is -2.95. The Bertz CT molecular complexity index is 501. The third-order valence-electron chi connectivity index (χ3n) is 3.50. The molecule has 5 nitrogen and oxygen atoms in total. The molecule has 2 rings (SSSR count). The summed E-state index contributed by atoms with van der Waals surface area (Å²) in [6.07, 6.45) is 9.06. The van der Waals surface area contributed by atoms with Crippen molar-refractivity contribution < 1.29 is 8.42 Å². The average Bonchev–Trinajstić information content (AvgIpc) is 2.68. The second kappa shape index (κ2) is 5.30. The first-order valence-corrected chi connectivity index (χ1v) is 8.52. The number of sulfone groups is 1. The summed E-state index contributed by atoms with van der Waals surface area (Å²) in [6.45, 7) is 0.385. The quantitative estimate of drug-likeness (QED) is 0.901. The van der Waals surface area contributed by atoms with E-state index < -0.39 is 9.84 Å². The van der Waals surface area contributed by atoms with Crippen molar-refractivity contribution >= 4 is 15.5 Å². The lowest BCUT2D eigenvalue weighted by atomic mass is 9.86. The maximum absolute atomic E-state index is 11.1. The molecule has 1 aliphatic rings. The molecule has 1 fully saturated rings. The van der Waals surface area contributed by atoms with Gasteiger partial charge in [0.2, 0.25) is 0 Å². The van der Waals surface area contributed by atoms with Gasteiger partial charge in [-0.05, 0) is 12.8 Å². The maximum Gasteiger partial charge on any atom is 0.149 e. The number of nitrogens with two attached hydrogens (primary N) is 1. The monoisotopic (exact) mass is 271 g/mol. The zero-order valence-corrected chi connectivity index (χ0v) is 11.6. The minimum Gasteiger partial charge on any atom is -0.396 e. The van der Waals surface area contributed by atoms with Crippen molar-refractivity contribution in [3.05, 3.63) is 11.9 Å². The van der Waals surface area contributed by atoms with Crippen LogP contribution in [0.3, 0.4) is 0 Å². The van der Waals surface area contributed by atoms with Gasteiger partial charge in [-0.15, -0.1) is 0 Å². The lowest BCUT2D eigenvalue weighted by Crippen LogP contribution is -2.12. The van der Waals surface area contributed by atoms with Crippen LogP contribution < -0.4 is 5.73 Å². The highest BCUT2D eigenvalue weighted by Crippen LogP contribution is 2.34. The van der Waals surface area contributed by atoms with Crippen molar-refractivity contribution in [2.24, 2.45) is 0 Å². The molecule has 0 bridgehead atoms. The molecule has 0 unspecified atom stereocenters. The molecule has 1 aliphatic carbocycles. The Morgan fingerprint density at radius 1 is 1.39 bits per heavy atom. The van der Waals surface area contributed by atoms with E-state index in [0.29, 0.717) is 18.2 Å². The first-order valence-electron chi connectivity index (χ1n) is 6.46. The number of nitrogen functional groups attached to an aromatic ring is 1. The van der Waals surface area contributed by atoms with Gasteiger partial charge in [-0.1, -0.05) is 19.3 Å². The molecule has 1 heterocycles. The summed E-state index contributed by atoms with van der Waals surface area (Å²) in [5.74, 6) is 0.566. The highest BCUT2D eigenvalue weighted by atomic mass is 32.2. The maximum atomic E-state index is 11.1. The molecule has 0 atom stereocenters. The van der Waals surface area contributed by atoms with E-state index in [-0.39, 0.29) is 5.75 Å². The predicted molar refractivity (Wildman–Crippen MR) is 72.2 cm³/mol. The first-order chi connectivity index (χ1) is 8.46. The Labute approximate surface area is 108 Å². The van der Waals surface area contributed by atoms with Crippen LogP contribution in [0.4, 0.5) is 5.69 Å². The molecule has 0 aromatic carbocycles. The fourth-order valence-electron chi connectivity index (χ4n) is 2.52. The second-order valence-electron chi connectivity index (χ2n) is 5.20. The van der Waals surface area contributed by atoms with Gasteiger partial charge in [0.05, 0.1) is 23.7 Å². The van der Waals surface area contributed by atoms with Crippen molar-refractivity contribution in [2.75, 3.05) is 17.7 Å². The molecule has 102 valence electrons. The van der Waals surface area contributed by atoms with Crippen LogP contribution in [0.1, 0.15) is 43.7 Å². The van der Waals surface area contributed by atoms with Gasteiger partial charge in [0, 0.05) is 18.4 Å². The predicted octanol–water partition coefficient (Wildman–Crippen LogP) is 1.56. The summed E-state index contributed by atoms with van der Waals surface area (Å²) in [4.78, 5) is 0. The number of hydrogen-bond acceptors (Lipinski definition) is 4. The van der Waals surface area contributed by atoms with Gasteiger partial charge in [0.25, 0.3) is 0 Å². The Balaban J connectivity index is 2.06. The van der Waals surface area contributed by atoms with E-state index >= 15 is 0 Å². The zero-order valence-electron chi connectivity index (χ0n) is 10.8. The second-order valence-corrected chi connectivity index (χ2v) is 7.46. The van der Waals surface area contributed by atoms with Crippen LogP contribution in [0, 0.1) is 0 Å². The van der Waals surface area contributed by atoms with Crippen LogP contribution in [0.2, 0.25) is 0 Å². The molecule has 1 saturated carbocycles. The molecule has 0 amide bonds. The molecule has 2 N–H and O–H groups in total. The van der Waals surface area contributed by atoms with E-state index in [1.54, 1.807) is 10.9 Å². The van der Waals surface area contributed by atoms with Crippen molar-refractivity contribution in [2.45, 2.75) is 44.6 Å². The third-order valence-corrected chi connectivity index (χ3v) is 4.43. The van der Waals surface area contributed by atoms with Crippen molar-refractivity contribution in [3.63, 3.8) is 0 Å². The lowest BCUT2D eigenvalue weighted by Gasteiger charge is -2.20. The minimum atomic E-state index is -2.95. The van der Waals surface area contributed by atoms with Gasteiger partial charge in [-0.25, -0.2) is 8.42 Å². The van der Waals surface area contributed by atoms with Gasteiger partial charge >= 0.3 is 0 Å². The molecule has 6 heteroatoms. The molecule has 1 aromatic heterocycles. The fraction of sp³-hybridized carbons (Fsp3) is 0.750. The van der Waals surface area contributed by atoms with Crippen molar-refractivity contribution in [3.8, 4) is 0 Å². The van der Waals surface area contributed by atoms with E-state index in [0.717, 1.165) is 18.5 Å². The van der Waals surface area contributed by atoms with E-state index in [2.05, 4.69) is 5.10 Å². The molecule has 0 saturated heterocycles. The molecule has 0 radical (unpaired) electrons. The van der Waals surface area contributed by atoms with Gasteiger partial charge < -0.3 is 5.73 Å². The molecule has 1 aromatic rings. The smallest absolute Gasteiger partial charge is 0.149 e. The summed E-state index contributed by atoms with van der Waals surface area (Å²) in [6, 6.07) is 0. The Morgan fingerprint density at radius 3 is 2.67 bits per heavy atom. The number of aromatic nitrogens is 2. The van der Waals surface area contributed by atoms with Crippen LogP contribution in [0.25, 0.3) is 0 Å². The number of anilines is 1. The lowest BCUT2D eigenvalue weighted by molar-refractivity contribution is 0.433. The first kappa shape index (κ1) is 13.4. The van der Waals surface area contributed by atoms with E-state index in [9.17, 15) is 8.42 Å². The molecular weight excluding hydrogens is 250 g/mol. The van der Waals surface area contributed by atoms with E-state index in [1.807, 2.05) is 0 Å². The minimum absolute atomic E-state index is 0.109. The van der Waals surface area contributed by atoms with Crippen molar-refractivity contribution in [1.29, 1.82) is 0 Å². The summed E-state index contributed by atoms with van der Waals surface area (Å²) < 4.78 is 23.9. The molecular formula is C12H21N3O2S. The summed E-state index contributed by atoms with van der Waals surface area (Å²) in [5.41, 5.74) is 7.64. The Hall–Kier alpha value is -1.04. The zero-order chi connectivity index (χ0) is 13.2. The SMILES string of the molecule is CS(=O)(=O)CCn1cc(N)c(C2CCCCC2)n1. The van der Waals surface area contributed by atoms with Gasteiger partial charge in [-0.3, -0.25) is 4.68 Å². The number of aryl methyl sites for hydroxylation is 1. The van der Waals surface area contributed by atoms with Crippen LogP contribution in [-0.2, 0) is 16.4 Å². The highest BCUT2D eigenvalue weighted by molar-refractivity contribution is 7.90. The average molecular weight is 271 g/mol. The van der Waals surface area contributed by atoms with Crippen LogP contribution in [0.5, 0.6) is 0 Å². The Kier molecular flexibility index (Phi) is 3.94. The largest absolute Gasteiger partial charge is 0.396 e. The molecule has 0 aliphatic heterocycles. The highest BCUT2D eigenvalue weighted by Gasteiger charge is 2.21. The van der Waals surface area contributed by atoms with E-state index in [4.69, 9.17) is 5.73 Å². The molecule has 0 spiro atoms. The van der Waals surface area contributed by atoms with Gasteiger partial charge in [0.15, 0.2) is 0 Å². The third kappa shape index (κ3) is 3.48. The standard InChI is InChI=1S/C12H21N3O2S/c1-18(16,17)8-7-15-9-11(13)12(14-15)10-5-3-2-4-6-10/h9-10H,2-8,13H2,1H3. The Morgan fingerprint density at radius 2 is 2.06 bits per heavy atom. The van der Waals surface area contributed by atoms with Crippen LogP contribution in [0.15, 0.2) is 6.20 Å². The molecule has 18 heavy (non-hydrogen) atoms. The van der Waals surface area contributed by atoms with Gasteiger partial charge in [0.1, 0.15) is 9.84 Å². The topological polar surface area (TPSA) is 78.0 Å². The summed E-state index contributed by atoms with van der Waals surface area (Å²) in [5, 5.41) is 4.46. The number of hydrogen-bond donors (Lipinski definition) is 1. The summed E-state index contributed by atoms with van der Waals surface area (Å²) >= 11 is 0. The van der Waals surface area contributed by atoms with Crippen LogP contribution in [-0.4, -0.2) is 30.2 Å². The van der Waals surface area contributed by atoms with E-state index in [1.165, 1.54) is 25.5 Å². The normalized spacial score (nSPS) is 18.1. The fourth-order valence-corrected chi connectivity index (χ4v) is 3.04. The number of rotatable bonds is 4. The van der Waals surface area contributed by atoms with Gasteiger partial charge in [-0.2, -0.15) is 5.10 Å². The van der Waals surface area contributed by atoms with Crippen LogP contribution >= 0.6 is 0 Å². The van der Waals surface area contributed by atoms with Crippen molar-refractivity contribution in [1.82, 2.24) is 9.78 Å². The number of nitrogens with zero attached hydrogens (tertiary/aromatic N) is 2.